The maximum absolute atomic E-state index is 9.84. The Bertz CT molecular complexity index is 150. The second kappa shape index (κ2) is 3.35. The monoisotopic (exact) mass is 172 g/mol. The highest BCUT2D eigenvalue weighted by Gasteiger charge is 2.48. The molecule has 0 amide bonds. The zero-order chi connectivity index (χ0) is 9.35. The van der Waals surface area contributed by atoms with Crippen LogP contribution < -0.4 is 0 Å². The fourth-order valence-corrected chi connectivity index (χ4v) is 1.76. The van der Waals surface area contributed by atoms with Gasteiger partial charge in [-0.05, 0) is 25.2 Å². The minimum atomic E-state index is -0.292. The molecule has 2 nitrogen and oxygen atoms in total. The number of rotatable bonds is 4. The molecule has 1 fully saturated rings. The Kier molecular flexibility index (Phi) is 2.79. The molecule has 0 aliphatic carbocycles. The summed E-state index contributed by atoms with van der Waals surface area (Å²) in [6.45, 7) is 9.15. The number of aliphatic hydroxyl groups excluding tert-OH is 1. The highest BCUT2D eigenvalue weighted by atomic mass is 16.6. The van der Waals surface area contributed by atoms with Crippen LogP contribution in [0.25, 0.3) is 0 Å². The summed E-state index contributed by atoms with van der Waals surface area (Å²) in [4.78, 5) is 0. The fraction of sp³-hybridized carbons (Fsp3) is 1.00. The fourth-order valence-electron chi connectivity index (χ4n) is 1.76. The zero-order valence-corrected chi connectivity index (χ0v) is 8.50. The average Bonchev–Trinajstić information content (AvgIpc) is 2.66. The largest absolute Gasteiger partial charge is 0.390 e. The van der Waals surface area contributed by atoms with Gasteiger partial charge in [-0.3, -0.25) is 0 Å². The van der Waals surface area contributed by atoms with E-state index in [0.717, 1.165) is 13.0 Å². The van der Waals surface area contributed by atoms with E-state index in [1.54, 1.807) is 0 Å². The van der Waals surface area contributed by atoms with Crippen molar-refractivity contribution in [1.29, 1.82) is 0 Å². The van der Waals surface area contributed by atoms with Crippen LogP contribution in [-0.2, 0) is 4.74 Å². The molecule has 12 heavy (non-hydrogen) atoms. The molecule has 2 heteroatoms. The molecule has 0 aromatic carbocycles. The first-order valence-electron chi connectivity index (χ1n) is 4.78. The molecular formula is C10H20O2. The van der Waals surface area contributed by atoms with Gasteiger partial charge in [0.1, 0.15) is 5.60 Å². The van der Waals surface area contributed by atoms with Crippen molar-refractivity contribution in [3.8, 4) is 0 Å². The predicted octanol–water partition coefficient (Wildman–Crippen LogP) is 1.82. The number of epoxide rings is 1. The molecule has 72 valence electrons. The molecule has 0 spiro atoms. The average molecular weight is 172 g/mol. The van der Waals surface area contributed by atoms with Crippen LogP contribution in [0.2, 0.25) is 0 Å². The number of hydrogen-bond donors (Lipinski definition) is 1. The minimum Gasteiger partial charge on any atom is -0.390 e. The van der Waals surface area contributed by atoms with E-state index >= 15 is 0 Å². The molecule has 0 radical (unpaired) electrons. The third-order valence-electron chi connectivity index (χ3n) is 2.61. The molecule has 0 unspecified atom stereocenters. The van der Waals surface area contributed by atoms with E-state index < -0.39 is 0 Å². The summed E-state index contributed by atoms with van der Waals surface area (Å²) >= 11 is 0. The summed E-state index contributed by atoms with van der Waals surface area (Å²) < 4.78 is 5.21. The maximum atomic E-state index is 9.84. The van der Waals surface area contributed by atoms with Crippen LogP contribution in [-0.4, -0.2) is 23.4 Å². The Morgan fingerprint density at radius 3 is 2.25 bits per heavy atom. The summed E-state index contributed by atoms with van der Waals surface area (Å²) in [5.74, 6) is 0.995. The summed E-state index contributed by atoms with van der Waals surface area (Å²) in [6.07, 6.45) is 0.778. The third kappa shape index (κ3) is 2.20. The van der Waals surface area contributed by atoms with Gasteiger partial charge in [0.2, 0.25) is 0 Å². The molecule has 0 aromatic rings. The molecule has 1 N–H and O–H groups in total. The van der Waals surface area contributed by atoms with Crippen molar-refractivity contribution in [2.75, 3.05) is 6.61 Å². The van der Waals surface area contributed by atoms with E-state index in [2.05, 4.69) is 20.8 Å². The molecule has 0 aromatic heterocycles. The van der Waals surface area contributed by atoms with E-state index in [1.165, 1.54) is 0 Å². The van der Waals surface area contributed by atoms with E-state index in [9.17, 15) is 5.11 Å². The van der Waals surface area contributed by atoms with Gasteiger partial charge in [-0.2, -0.15) is 0 Å². The van der Waals surface area contributed by atoms with E-state index in [4.69, 9.17) is 4.74 Å². The second-order valence-electron chi connectivity index (χ2n) is 4.65. The summed E-state index contributed by atoms with van der Waals surface area (Å²) in [5, 5.41) is 9.84. The van der Waals surface area contributed by atoms with Gasteiger partial charge in [0.25, 0.3) is 0 Å². The van der Waals surface area contributed by atoms with Crippen molar-refractivity contribution in [1.82, 2.24) is 0 Å². The highest BCUT2D eigenvalue weighted by molar-refractivity contribution is 4.96. The van der Waals surface area contributed by atoms with Crippen molar-refractivity contribution in [2.45, 2.75) is 45.8 Å². The Hall–Kier alpha value is -0.0800. The van der Waals surface area contributed by atoms with E-state index in [0.29, 0.717) is 11.8 Å². The van der Waals surface area contributed by atoms with Crippen LogP contribution in [0.1, 0.15) is 34.1 Å². The van der Waals surface area contributed by atoms with Crippen LogP contribution in [0.5, 0.6) is 0 Å². The van der Waals surface area contributed by atoms with Gasteiger partial charge in [-0.1, -0.05) is 20.8 Å². The molecule has 0 saturated carbocycles. The summed E-state index contributed by atoms with van der Waals surface area (Å²) in [5.41, 5.74) is -0.228. The lowest BCUT2D eigenvalue weighted by Crippen LogP contribution is -2.33. The standard InChI is InChI=1S/C10H20O2/c1-7(2)5-8(3)9(11)10(4)6-12-10/h7-9,11H,5-6H2,1-4H3/t8-,9+,10-/m0/s1. The quantitative estimate of drug-likeness (QED) is 0.656. The van der Waals surface area contributed by atoms with Crippen LogP contribution in [0.3, 0.4) is 0 Å². The van der Waals surface area contributed by atoms with Crippen LogP contribution in [0.4, 0.5) is 0 Å². The molecule has 1 rings (SSSR count). The molecule has 3 atom stereocenters. The predicted molar refractivity (Wildman–Crippen MR) is 49.0 cm³/mol. The zero-order valence-electron chi connectivity index (χ0n) is 8.50. The first-order chi connectivity index (χ1) is 5.46. The number of hydrogen-bond acceptors (Lipinski definition) is 2. The number of aliphatic hydroxyl groups is 1. The summed E-state index contributed by atoms with van der Waals surface area (Å²) in [7, 11) is 0. The van der Waals surface area contributed by atoms with Gasteiger partial charge in [0.15, 0.2) is 0 Å². The smallest absolute Gasteiger partial charge is 0.115 e. The molecule has 0 bridgehead atoms. The van der Waals surface area contributed by atoms with Gasteiger partial charge in [-0.15, -0.1) is 0 Å². The molecule has 1 saturated heterocycles. The van der Waals surface area contributed by atoms with E-state index in [1.807, 2.05) is 6.92 Å². The third-order valence-corrected chi connectivity index (χ3v) is 2.61. The topological polar surface area (TPSA) is 32.8 Å². The van der Waals surface area contributed by atoms with Crippen LogP contribution in [0, 0.1) is 11.8 Å². The Balaban J connectivity index is 2.36. The minimum absolute atomic E-state index is 0.228. The Morgan fingerprint density at radius 1 is 1.42 bits per heavy atom. The molecular weight excluding hydrogens is 152 g/mol. The van der Waals surface area contributed by atoms with Crippen LogP contribution >= 0.6 is 0 Å². The lowest BCUT2D eigenvalue weighted by atomic mass is 9.87. The van der Waals surface area contributed by atoms with Gasteiger partial charge in [-0.25, -0.2) is 0 Å². The lowest BCUT2D eigenvalue weighted by molar-refractivity contribution is 0.0336. The highest BCUT2D eigenvalue weighted by Crippen LogP contribution is 2.35. The van der Waals surface area contributed by atoms with E-state index in [-0.39, 0.29) is 11.7 Å². The lowest BCUT2D eigenvalue weighted by Gasteiger charge is -2.23. The Labute approximate surface area is 74.9 Å². The number of ether oxygens (including phenoxy) is 1. The summed E-state index contributed by atoms with van der Waals surface area (Å²) in [6, 6.07) is 0. The normalized spacial score (nSPS) is 33.5. The first-order valence-corrected chi connectivity index (χ1v) is 4.78. The van der Waals surface area contributed by atoms with Crippen molar-refractivity contribution in [3.05, 3.63) is 0 Å². The molecule has 1 aliphatic heterocycles. The SMILES string of the molecule is CC(C)C[C@H](C)[C@@H](O)[C@]1(C)CO1. The van der Waals surface area contributed by atoms with Gasteiger partial charge < -0.3 is 9.84 Å². The van der Waals surface area contributed by atoms with Gasteiger partial charge in [0.05, 0.1) is 12.7 Å². The van der Waals surface area contributed by atoms with Crippen molar-refractivity contribution >= 4 is 0 Å². The molecule has 1 heterocycles. The van der Waals surface area contributed by atoms with Crippen molar-refractivity contribution in [2.24, 2.45) is 11.8 Å². The molecule has 1 aliphatic rings. The van der Waals surface area contributed by atoms with Crippen LogP contribution in [0.15, 0.2) is 0 Å². The maximum Gasteiger partial charge on any atom is 0.115 e. The van der Waals surface area contributed by atoms with Crippen molar-refractivity contribution < 1.29 is 9.84 Å². The first kappa shape index (κ1) is 10.0. The van der Waals surface area contributed by atoms with Gasteiger partial charge >= 0.3 is 0 Å². The van der Waals surface area contributed by atoms with Crippen molar-refractivity contribution in [3.63, 3.8) is 0 Å². The second-order valence-corrected chi connectivity index (χ2v) is 4.65. The Morgan fingerprint density at radius 2 is 1.92 bits per heavy atom. The van der Waals surface area contributed by atoms with Gasteiger partial charge in [0, 0.05) is 0 Å².